The van der Waals surface area contributed by atoms with Gasteiger partial charge in [-0.15, -0.1) is 0 Å². The zero-order valence-corrected chi connectivity index (χ0v) is 8.63. The molecule has 15 heavy (non-hydrogen) atoms. The first-order valence-corrected chi connectivity index (χ1v) is 5.03. The lowest BCUT2D eigenvalue weighted by Crippen LogP contribution is -2.22. The molecule has 0 aromatic rings. The molecule has 0 amide bonds. The number of rotatable bonds is 6. The van der Waals surface area contributed by atoms with Gasteiger partial charge in [-0.3, -0.25) is 0 Å². The van der Waals surface area contributed by atoms with E-state index in [1.54, 1.807) is 6.92 Å². The number of allylic oxidation sites excluding steroid dienone is 1. The highest BCUT2D eigenvalue weighted by molar-refractivity contribution is 5.82. The van der Waals surface area contributed by atoms with E-state index in [0.717, 1.165) is 18.9 Å². The van der Waals surface area contributed by atoms with Crippen molar-refractivity contribution >= 4 is 5.97 Å². The van der Waals surface area contributed by atoms with E-state index >= 15 is 0 Å². The van der Waals surface area contributed by atoms with Crippen molar-refractivity contribution in [3.63, 3.8) is 0 Å². The van der Waals surface area contributed by atoms with E-state index in [-0.39, 0.29) is 12.3 Å². The highest BCUT2D eigenvalue weighted by Gasteiger charge is 2.22. The molecule has 0 saturated heterocycles. The van der Waals surface area contributed by atoms with Crippen LogP contribution in [0.1, 0.15) is 19.8 Å². The third-order valence-corrected chi connectivity index (χ3v) is 2.09. The molecule has 0 aromatic carbocycles. The normalized spacial score (nSPS) is 16.7. The van der Waals surface area contributed by atoms with Gasteiger partial charge in [0, 0.05) is 12.6 Å². The molecule has 0 bridgehead atoms. The number of alkyl halides is 2. The van der Waals surface area contributed by atoms with Gasteiger partial charge >= 0.3 is 5.97 Å². The zero-order chi connectivity index (χ0) is 11.3. The largest absolute Gasteiger partial charge is 0.463 e. The minimum Gasteiger partial charge on any atom is -0.463 e. The number of nitrogens with one attached hydrogen (secondary N) is 1. The summed E-state index contributed by atoms with van der Waals surface area (Å²) >= 11 is 0. The molecule has 1 rings (SSSR count). The van der Waals surface area contributed by atoms with Crippen molar-refractivity contribution in [2.75, 3.05) is 13.2 Å². The topological polar surface area (TPSA) is 38.3 Å². The molecule has 0 unspecified atom stereocenters. The van der Waals surface area contributed by atoms with Crippen molar-refractivity contribution in [1.82, 2.24) is 5.32 Å². The van der Waals surface area contributed by atoms with Crippen LogP contribution in [-0.4, -0.2) is 25.5 Å². The summed E-state index contributed by atoms with van der Waals surface area (Å²) in [4.78, 5) is 10.9. The van der Waals surface area contributed by atoms with E-state index < -0.39 is 12.4 Å². The maximum Gasteiger partial charge on any atom is 0.332 e. The molecule has 3 nitrogen and oxygen atoms in total. The molecule has 0 radical (unpaired) electrons. The molecule has 86 valence electrons. The number of halogens is 2. The Morgan fingerprint density at radius 1 is 1.60 bits per heavy atom. The number of carbonyl (C=O) groups is 1. The van der Waals surface area contributed by atoms with Crippen molar-refractivity contribution < 1.29 is 18.3 Å². The average Bonchev–Trinajstić information content (AvgIpc) is 2.95. The molecule has 0 heterocycles. The first kappa shape index (κ1) is 11.9. The van der Waals surface area contributed by atoms with Gasteiger partial charge in [0.15, 0.2) is 0 Å². The molecule has 0 spiro atoms. The Labute approximate surface area is 87.5 Å². The maximum absolute atomic E-state index is 12.4. The monoisotopic (exact) mass is 219 g/mol. The lowest BCUT2D eigenvalue weighted by molar-refractivity contribution is -0.137. The molecule has 1 N–H and O–H groups in total. The van der Waals surface area contributed by atoms with E-state index in [1.807, 2.05) is 0 Å². The molecule has 1 aliphatic rings. The van der Waals surface area contributed by atoms with E-state index in [4.69, 9.17) is 0 Å². The van der Waals surface area contributed by atoms with Crippen LogP contribution in [0, 0.1) is 5.92 Å². The van der Waals surface area contributed by atoms with Crippen molar-refractivity contribution in [3.05, 3.63) is 11.8 Å². The van der Waals surface area contributed by atoms with Crippen LogP contribution in [0.3, 0.4) is 0 Å². The summed E-state index contributed by atoms with van der Waals surface area (Å²) in [6.07, 6.45) is 0.315. The Morgan fingerprint density at radius 3 is 2.73 bits per heavy atom. The van der Waals surface area contributed by atoms with E-state index in [2.05, 4.69) is 10.1 Å². The van der Waals surface area contributed by atoms with Crippen LogP contribution in [0.15, 0.2) is 11.8 Å². The van der Waals surface area contributed by atoms with Gasteiger partial charge < -0.3 is 10.1 Å². The fraction of sp³-hybridized carbons (Fsp3) is 0.700. The maximum atomic E-state index is 12.4. The second-order valence-electron chi connectivity index (χ2n) is 3.48. The second kappa shape index (κ2) is 5.68. The summed E-state index contributed by atoms with van der Waals surface area (Å²) in [6, 6.07) is 0. The van der Waals surface area contributed by atoms with Gasteiger partial charge in [-0.1, -0.05) is 0 Å². The molecule has 1 aliphatic carbocycles. The predicted octanol–water partition coefficient (Wildman–Crippen LogP) is 1.70. The summed E-state index contributed by atoms with van der Waals surface area (Å²) in [6.45, 7) is 2.33. The van der Waals surface area contributed by atoms with Crippen LogP contribution in [0.5, 0.6) is 0 Å². The third-order valence-electron chi connectivity index (χ3n) is 2.09. The SMILES string of the molecule is CCOC(=O)/C=C(\NCC1CC1)C(F)F. The smallest absolute Gasteiger partial charge is 0.332 e. The van der Waals surface area contributed by atoms with Crippen LogP contribution >= 0.6 is 0 Å². The average molecular weight is 219 g/mol. The molecular formula is C10H15F2NO2. The van der Waals surface area contributed by atoms with Gasteiger partial charge in [0.05, 0.1) is 12.3 Å². The van der Waals surface area contributed by atoms with Crippen LogP contribution in [-0.2, 0) is 9.53 Å². The van der Waals surface area contributed by atoms with Crippen LogP contribution in [0.2, 0.25) is 0 Å². The standard InChI is InChI=1S/C10H15F2NO2/c1-2-15-9(14)5-8(10(11)12)13-6-7-3-4-7/h5,7,10,13H,2-4,6H2,1H3/b8-5-. The predicted molar refractivity (Wildman–Crippen MR) is 51.4 cm³/mol. The highest BCUT2D eigenvalue weighted by Crippen LogP contribution is 2.28. The summed E-state index contributed by atoms with van der Waals surface area (Å²) in [5.41, 5.74) is -0.347. The van der Waals surface area contributed by atoms with E-state index in [9.17, 15) is 13.6 Å². The van der Waals surface area contributed by atoms with Crippen LogP contribution in [0.4, 0.5) is 8.78 Å². The Balaban J connectivity index is 2.42. The summed E-state index contributed by atoms with van der Waals surface area (Å²) < 4.78 is 29.4. The summed E-state index contributed by atoms with van der Waals surface area (Å²) in [7, 11) is 0. The van der Waals surface area contributed by atoms with Gasteiger partial charge in [0.2, 0.25) is 0 Å². The van der Waals surface area contributed by atoms with Gasteiger partial charge in [-0.05, 0) is 25.7 Å². The molecule has 1 saturated carbocycles. The molecule has 1 fully saturated rings. The highest BCUT2D eigenvalue weighted by atomic mass is 19.3. The van der Waals surface area contributed by atoms with Gasteiger partial charge in [0.25, 0.3) is 6.43 Å². The minimum atomic E-state index is -2.66. The van der Waals surface area contributed by atoms with Gasteiger partial charge in [-0.2, -0.15) is 0 Å². The number of esters is 1. The van der Waals surface area contributed by atoms with Crippen molar-refractivity contribution in [2.45, 2.75) is 26.2 Å². The molecule has 0 aliphatic heterocycles. The van der Waals surface area contributed by atoms with Crippen LogP contribution < -0.4 is 5.32 Å². The lowest BCUT2D eigenvalue weighted by Gasteiger charge is -2.09. The fourth-order valence-corrected chi connectivity index (χ4v) is 1.09. The number of carbonyl (C=O) groups excluding carboxylic acids is 1. The fourth-order valence-electron chi connectivity index (χ4n) is 1.09. The molecular weight excluding hydrogens is 204 g/mol. The van der Waals surface area contributed by atoms with Crippen molar-refractivity contribution in [2.24, 2.45) is 5.92 Å². The van der Waals surface area contributed by atoms with E-state index in [1.165, 1.54) is 0 Å². The quantitative estimate of drug-likeness (QED) is 0.546. The number of ether oxygens (including phenoxy) is 1. The number of hydrogen-bond donors (Lipinski definition) is 1. The molecule has 5 heteroatoms. The van der Waals surface area contributed by atoms with Crippen molar-refractivity contribution in [3.8, 4) is 0 Å². The zero-order valence-electron chi connectivity index (χ0n) is 8.63. The van der Waals surface area contributed by atoms with Gasteiger partial charge in [0.1, 0.15) is 0 Å². The van der Waals surface area contributed by atoms with E-state index in [0.29, 0.717) is 12.5 Å². The number of hydrogen-bond acceptors (Lipinski definition) is 3. The minimum absolute atomic E-state index is 0.189. The Kier molecular flexibility index (Phi) is 4.52. The molecule has 0 atom stereocenters. The Morgan fingerprint density at radius 2 is 2.27 bits per heavy atom. The molecule has 0 aromatic heterocycles. The first-order valence-electron chi connectivity index (χ1n) is 5.03. The lowest BCUT2D eigenvalue weighted by atomic mass is 10.3. The second-order valence-corrected chi connectivity index (χ2v) is 3.48. The Bertz CT molecular complexity index is 250. The van der Waals surface area contributed by atoms with Crippen molar-refractivity contribution in [1.29, 1.82) is 0 Å². The summed E-state index contributed by atoms with van der Waals surface area (Å²) in [5.74, 6) is -0.245. The third kappa shape index (κ3) is 4.76. The summed E-state index contributed by atoms with van der Waals surface area (Å²) in [5, 5.41) is 2.58. The van der Waals surface area contributed by atoms with Gasteiger partial charge in [-0.25, -0.2) is 13.6 Å². The Hall–Kier alpha value is -1.13. The first-order chi connectivity index (χ1) is 7.13. The van der Waals surface area contributed by atoms with Crippen LogP contribution in [0.25, 0.3) is 0 Å².